The average molecular weight is 396 g/mol. The van der Waals surface area contributed by atoms with Gasteiger partial charge in [-0.3, -0.25) is 4.68 Å². The summed E-state index contributed by atoms with van der Waals surface area (Å²) >= 11 is 0. The number of sulfonamides is 1. The minimum Gasteiger partial charge on any atom is -0.385 e. The van der Waals surface area contributed by atoms with Gasteiger partial charge in [0, 0.05) is 58.2 Å². The third-order valence-electron chi connectivity index (χ3n) is 5.37. The van der Waals surface area contributed by atoms with Crippen molar-refractivity contribution in [2.45, 2.75) is 51.0 Å². The number of hydrogen-bond donors (Lipinski definition) is 0. The predicted molar refractivity (Wildman–Crippen MR) is 102 cm³/mol. The van der Waals surface area contributed by atoms with Crippen LogP contribution in [-0.4, -0.2) is 58.9 Å². The van der Waals surface area contributed by atoms with E-state index < -0.39 is 10.0 Å². The van der Waals surface area contributed by atoms with Crippen LogP contribution in [0.1, 0.15) is 41.7 Å². The highest BCUT2D eigenvalue weighted by Gasteiger charge is 2.37. The minimum atomic E-state index is -3.55. The molecule has 1 aliphatic heterocycles. The van der Waals surface area contributed by atoms with Crippen molar-refractivity contribution in [2.24, 2.45) is 7.05 Å². The molecule has 150 valence electrons. The molecular weight excluding hydrogens is 366 g/mol. The second-order valence-corrected chi connectivity index (χ2v) is 9.10. The number of rotatable bonds is 7. The summed E-state index contributed by atoms with van der Waals surface area (Å²) in [5.41, 5.74) is 2.32. The van der Waals surface area contributed by atoms with Crippen LogP contribution in [0.3, 0.4) is 0 Å². The number of methoxy groups -OCH3 is 1. The molecule has 0 radical (unpaired) electrons. The lowest BCUT2D eigenvalue weighted by atomic mass is 10.1. The molecule has 1 atom stereocenters. The Morgan fingerprint density at radius 1 is 1.30 bits per heavy atom. The van der Waals surface area contributed by atoms with Gasteiger partial charge in [-0.2, -0.15) is 9.40 Å². The number of aryl methyl sites for hydroxylation is 3. The van der Waals surface area contributed by atoms with Crippen molar-refractivity contribution >= 4 is 10.0 Å². The molecule has 1 aliphatic rings. The number of imidazole rings is 1. The molecule has 2 aromatic heterocycles. The summed E-state index contributed by atoms with van der Waals surface area (Å²) in [6, 6.07) is 0. The Kier molecular flexibility index (Phi) is 5.73. The molecule has 0 N–H and O–H groups in total. The van der Waals surface area contributed by atoms with Crippen LogP contribution < -0.4 is 0 Å². The second kappa shape index (κ2) is 7.73. The smallest absolute Gasteiger partial charge is 0.246 e. The maximum Gasteiger partial charge on any atom is 0.246 e. The van der Waals surface area contributed by atoms with Crippen LogP contribution in [0.4, 0.5) is 0 Å². The molecule has 1 fully saturated rings. The fourth-order valence-corrected chi connectivity index (χ4v) is 5.78. The Labute approximate surface area is 161 Å². The van der Waals surface area contributed by atoms with Gasteiger partial charge in [0.15, 0.2) is 0 Å². The highest BCUT2D eigenvalue weighted by atomic mass is 32.2. The summed E-state index contributed by atoms with van der Waals surface area (Å²) in [6.07, 6.45) is 3.55. The van der Waals surface area contributed by atoms with Gasteiger partial charge in [-0.05, 0) is 33.6 Å². The Morgan fingerprint density at radius 3 is 2.67 bits per heavy atom. The van der Waals surface area contributed by atoms with Gasteiger partial charge in [0.25, 0.3) is 0 Å². The maximum atomic E-state index is 13.2. The first-order chi connectivity index (χ1) is 12.8. The van der Waals surface area contributed by atoms with Gasteiger partial charge in [0.1, 0.15) is 10.7 Å². The van der Waals surface area contributed by atoms with E-state index in [2.05, 4.69) is 14.6 Å². The van der Waals surface area contributed by atoms with Crippen molar-refractivity contribution in [3.63, 3.8) is 0 Å². The van der Waals surface area contributed by atoms with Crippen molar-refractivity contribution < 1.29 is 13.2 Å². The van der Waals surface area contributed by atoms with E-state index in [0.717, 1.165) is 30.9 Å². The lowest BCUT2D eigenvalue weighted by Crippen LogP contribution is -2.29. The molecule has 0 aliphatic carbocycles. The van der Waals surface area contributed by atoms with E-state index in [-0.39, 0.29) is 5.92 Å². The first-order valence-electron chi connectivity index (χ1n) is 9.28. The van der Waals surface area contributed by atoms with Crippen LogP contribution in [-0.2, 0) is 28.4 Å². The predicted octanol–water partition coefficient (Wildman–Crippen LogP) is 1.76. The van der Waals surface area contributed by atoms with Crippen LogP contribution in [0.5, 0.6) is 0 Å². The topological polar surface area (TPSA) is 82.2 Å². The summed E-state index contributed by atoms with van der Waals surface area (Å²) in [6.45, 7) is 8.07. The number of hydrogen-bond acceptors (Lipinski definition) is 5. The second-order valence-electron chi connectivity index (χ2n) is 7.23. The van der Waals surface area contributed by atoms with E-state index in [0.29, 0.717) is 36.0 Å². The molecule has 0 bridgehead atoms. The Balaban J connectivity index is 1.81. The Morgan fingerprint density at radius 2 is 2.04 bits per heavy atom. The Hall–Kier alpha value is -1.71. The fourth-order valence-electron chi connectivity index (χ4n) is 3.88. The molecule has 0 saturated carbocycles. The zero-order valence-corrected chi connectivity index (χ0v) is 17.6. The number of ether oxygens (including phenoxy) is 1. The van der Waals surface area contributed by atoms with Crippen molar-refractivity contribution in [1.82, 2.24) is 23.6 Å². The van der Waals surface area contributed by atoms with Gasteiger partial charge < -0.3 is 9.30 Å². The number of nitrogens with zero attached hydrogens (tertiary/aromatic N) is 5. The number of aromatic nitrogens is 4. The first kappa shape index (κ1) is 20.0. The molecule has 0 amide bonds. The zero-order valence-electron chi connectivity index (χ0n) is 16.8. The van der Waals surface area contributed by atoms with Crippen LogP contribution in [0.25, 0.3) is 0 Å². The van der Waals surface area contributed by atoms with Gasteiger partial charge in [-0.25, -0.2) is 13.4 Å². The lowest BCUT2D eigenvalue weighted by molar-refractivity contribution is 0.189. The van der Waals surface area contributed by atoms with Gasteiger partial charge in [0.2, 0.25) is 10.0 Å². The molecule has 1 unspecified atom stereocenters. The quantitative estimate of drug-likeness (QED) is 0.667. The molecule has 3 rings (SSSR count). The van der Waals surface area contributed by atoms with E-state index in [1.54, 1.807) is 37.0 Å². The summed E-state index contributed by atoms with van der Waals surface area (Å²) in [7, 11) is -0.0843. The monoisotopic (exact) mass is 395 g/mol. The normalized spacial score (nSPS) is 18.5. The summed E-state index contributed by atoms with van der Waals surface area (Å²) < 4.78 is 36.9. The van der Waals surface area contributed by atoms with Gasteiger partial charge in [0.05, 0.1) is 11.4 Å². The third-order valence-corrected chi connectivity index (χ3v) is 7.49. The molecule has 0 aromatic carbocycles. The van der Waals surface area contributed by atoms with Crippen molar-refractivity contribution in [1.29, 1.82) is 0 Å². The van der Waals surface area contributed by atoms with E-state index in [1.807, 2.05) is 13.1 Å². The van der Waals surface area contributed by atoms with Crippen LogP contribution >= 0.6 is 0 Å². The van der Waals surface area contributed by atoms with Crippen molar-refractivity contribution in [3.8, 4) is 0 Å². The Bertz CT molecular complexity index is 916. The fraction of sp³-hybridized carbons (Fsp3) is 0.667. The van der Waals surface area contributed by atoms with E-state index in [4.69, 9.17) is 4.74 Å². The van der Waals surface area contributed by atoms with Gasteiger partial charge >= 0.3 is 0 Å². The summed E-state index contributed by atoms with van der Waals surface area (Å²) in [5.74, 6) is 1.08. The summed E-state index contributed by atoms with van der Waals surface area (Å²) in [4.78, 5) is 4.93. The van der Waals surface area contributed by atoms with Crippen molar-refractivity contribution in [3.05, 3.63) is 29.1 Å². The van der Waals surface area contributed by atoms with Crippen LogP contribution in [0.2, 0.25) is 0 Å². The SMILES string of the molecule is COCCCn1c(C)cnc1C1CCN(S(=O)(=O)c2c(C)nn(C)c2C)C1. The lowest BCUT2D eigenvalue weighted by Gasteiger charge is -2.18. The third kappa shape index (κ3) is 3.68. The standard InChI is InChI=1S/C18H29N5O3S/c1-13-11-19-18(23(13)8-6-10-26-5)16-7-9-22(12-16)27(24,25)17-14(2)20-21(4)15(17)3/h11,16H,6-10,12H2,1-5H3. The highest BCUT2D eigenvalue weighted by molar-refractivity contribution is 7.89. The van der Waals surface area contributed by atoms with E-state index >= 15 is 0 Å². The molecular formula is C18H29N5O3S. The van der Waals surface area contributed by atoms with Gasteiger partial charge in [-0.1, -0.05) is 0 Å². The average Bonchev–Trinajstić information content (AvgIpc) is 3.28. The molecule has 9 heteroatoms. The molecule has 2 aromatic rings. The first-order valence-corrected chi connectivity index (χ1v) is 10.7. The highest BCUT2D eigenvalue weighted by Crippen LogP contribution is 2.32. The molecule has 27 heavy (non-hydrogen) atoms. The molecule has 0 spiro atoms. The van der Waals surface area contributed by atoms with E-state index in [1.165, 1.54) is 0 Å². The van der Waals surface area contributed by atoms with Crippen molar-refractivity contribution in [2.75, 3.05) is 26.8 Å². The summed E-state index contributed by atoms with van der Waals surface area (Å²) in [5, 5.41) is 4.27. The van der Waals surface area contributed by atoms with Gasteiger partial charge in [-0.15, -0.1) is 0 Å². The molecule has 3 heterocycles. The van der Waals surface area contributed by atoms with Crippen LogP contribution in [0.15, 0.2) is 11.1 Å². The van der Waals surface area contributed by atoms with E-state index in [9.17, 15) is 8.42 Å². The minimum absolute atomic E-state index is 0.105. The largest absolute Gasteiger partial charge is 0.385 e. The molecule has 1 saturated heterocycles. The zero-order chi connectivity index (χ0) is 19.8. The van der Waals surface area contributed by atoms with Crippen LogP contribution in [0, 0.1) is 20.8 Å². The molecule has 8 nitrogen and oxygen atoms in total. The maximum absolute atomic E-state index is 13.2.